The Hall–Kier alpha value is -2.14. The fourth-order valence-corrected chi connectivity index (χ4v) is 2.94. The monoisotopic (exact) mass is 345 g/mol. The first-order valence-corrected chi connectivity index (χ1v) is 8.98. The van der Waals surface area contributed by atoms with E-state index in [0.717, 1.165) is 11.5 Å². The summed E-state index contributed by atoms with van der Waals surface area (Å²) in [6.07, 6.45) is 0.286. The molecule has 1 amide bonds. The van der Waals surface area contributed by atoms with Crippen molar-refractivity contribution in [1.82, 2.24) is 5.32 Å². The predicted molar refractivity (Wildman–Crippen MR) is 95.6 cm³/mol. The molecule has 0 spiro atoms. The molecule has 0 radical (unpaired) electrons. The number of rotatable bonds is 9. The molecule has 0 atom stereocenters. The molecule has 0 fully saturated rings. The van der Waals surface area contributed by atoms with Crippen molar-refractivity contribution < 1.29 is 14.0 Å². The molecule has 5 heteroatoms. The smallest absolute Gasteiger partial charge is 0.220 e. The van der Waals surface area contributed by atoms with Gasteiger partial charge < -0.3 is 5.32 Å². The number of nitrogens with one attached hydrogen (secondary N) is 1. The van der Waals surface area contributed by atoms with Crippen LogP contribution in [0.2, 0.25) is 0 Å². The third-order valence-corrected chi connectivity index (χ3v) is 4.46. The summed E-state index contributed by atoms with van der Waals surface area (Å²) in [7, 11) is 0. The molecule has 0 bridgehead atoms. The SMILES string of the molecule is O=C(CCC(=O)c1ccc(F)cc1)NCCSCc1ccccc1. The minimum atomic E-state index is -0.378. The highest BCUT2D eigenvalue weighted by molar-refractivity contribution is 7.98. The molecule has 0 aliphatic heterocycles. The number of benzene rings is 2. The van der Waals surface area contributed by atoms with Gasteiger partial charge in [-0.2, -0.15) is 11.8 Å². The van der Waals surface area contributed by atoms with Crippen molar-refractivity contribution in [3.63, 3.8) is 0 Å². The van der Waals surface area contributed by atoms with E-state index in [-0.39, 0.29) is 30.3 Å². The Morgan fingerprint density at radius 1 is 0.958 bits per heavy atom. The zero-order valence-electron chi connectivity index (χ0n) is 13.3. The van der Waals surface area contributed by atoms with Crippen molar-refractivity contribution in [2.75, 3.05) is 12.3 Å². The fraction of sp³-hybridized carbons (Fsp3) is 0.263. The highest BCUT2D eigenvalue weighted by Crippen LogP contribution is 2.11. The van der Waals surface area contributed by atoms with Crippen LogP contribution in [0.3, 0.4) is 0 Å². The van der Waals surface area contributed by atoms with E-state index in [0.29, 0.717) is 12.1 Å². The third-order valence-electron chi connectivity index (χ3n) is 3.43. The van der Waals surface area contributed by atoms with Gasteiger partial charge in [-0.3, -0.25) is 9.59 Å². The molecule has 126 valence electrons. The molecular formula is C19H20FNO2S. The molecule has 2 aromatic carbocycles. The lowest BCUT2D eigenvalue weighted by Crippen LogP contribution is -2.26. The van der Waals surface area contributed by atoms with Gasteiger partial charge in [0.25, 0.3) is 0 Å². The van der Waals surface area contributed by atoms with E-state index in [1.54, 1.807) is 11.8 Å². The molecule has 0 aromatic heterocycles. The number of carbonyl (C=O) groups excluding carboxylic acids is 2. The molecule has 24 heavy (non-hydrogen) atoms. The van der Waals surface area contributed by atoms with Crippen molar-refractivity contribution in [2.45, 2.75) is 18.6 Å². The molecule has 3 nitrogen and oxygen atoms in total. The quantitative estimate of drug-likeness (QED) is 0.555. The molecule has 2 rings (SSSR count). The van der Waals surface area contributed by atoms with E-state index in [1.165, 1.54) is 29.8 Å². The van der Waals surface area contributed by atoms with E-state index >= 15 is 0 Å². The van der Waals surface area contributed by atoms with Crippen LogP contribution in [0.1, 0.15) is 28.8 Å². The van der Waals surface area contributed by atoms with Crippen LogP contribution < -0.4 is 5.32 Å². The van der Waals surface area contributed by atoms with Gasteiger partial charge in [-0.1, -0.05) is 30.3 Å². The van der Waals surface area contributed by atoms with Crippen LogP contribution in [0.15, 0.2) is 54.6 Å². The Bertz CT molecular complexity index is 659. The third kappa shape index (κ3) is 6.54. The molecule has 0 saturated heterocycles. The van der Waals surface area contributed by atoms with E-state index < -0.39 is 0 Å². The lowest BCUT2D eigenvalue weighted by Gasteiger charge is -2.05. The summed E-state index contributed by atoms with van der Waals surface area (Å²) in [4.78, 5) is 23.6. The first-order chi connectivity index (χ1) is 11.6. The van der Waals surface area contributed by atoms with Gasteiger partial charge >= 0.3 is 0 Å². The topological polar surface area (TPSA) is 46.2 Å². The van der Waals surface area contributed by atoms with Gasteiger partial charge in [0.1, 0.15) is 5.82 Å². The van der Waals surface area contributed by atoms with Gasteiger partial charge in [0.2, 0.25) is 5.91 Å². The first kappa shape index (κ1) is 18.2. The number of hydrogen-bond acceptors (Lipinski definition) is 3. The second-order valence-electron chi connectivity index (χ2n) is 5.32. The molecule has 0 heterocycles. The van der Waals surface area contributed by atoms with Crippen LogP contribution in [0.5, 0.6) is 0 Å². The van der Waals surface area contributed by atoms with Gasteiger partial charge in [-0.15, -0.1) is 0 Å². The van der Waals surface area contributed by atoms with Crippen molar-refractivity contribution in [2.24, 2.45) is 0 Å². The van der Waals surface area contributed by atoms with Crippen LogP contribution >= 0.6 is 11.8 Å². The maximum absolute atomic E-state index is 12.8. The number of hydrogen-bond donors (Lipinski definition) is 1. The normalized spacial score (nSPS) is 10.4. The van der Waals surface area contributed by atoms with Crippen molar-refractivity contribution in [3.05, 3.63) is 71.5 Å². The molecule has 0 unspecified atom stereocenters. The maximum atomic E-state index is 12.8. The van der Waals surface area contributed by atoms with E-state index in [1.807, 2.05) is 18.2 Å². The molecule has 0 saturated carbocycles. The Kier molecular flexibility index (Phi) is 7.49. The second-order valence-corrected chi connectivity index (χ2v) is 6.42. The van der Waals surface area contributed by atoms with Gasteiger partial charge in [-0.05, 0) is 29.8 Å². The lowest BCUT2D eigenvalue weighted by molar-refractivity contribution is -0.120. The van der Waals surface area contributed by atoms with E-state index in [4.69, 9.17) is 0 Å². The maximum Gasteiger partial charge on any atom is 0.220 e. The number of Topliss-reactive ketones (excluding diaryl/α,β-unsaturated/α-hetero) is 1. The predicted octanol–water partition coefficient (Wildman–Crippen LogP) is 3.84. The van der Waals surface area contributed by atoms with E-state index in [2.05, 4.69) is 17.4 Å². The minimum absolute atomic E-state index is 0.134. The Labute approximate surface area is 145 Å². The average Bonchev–Trinajstić information content (AvgIpc) is 2.61. The summed E-state index contributed by atoms with van der Waals surface area (Å²) < 4.78 is 12.8. The second kappa shape index (κ2) is 9.88. The van der Waals surface area contributed by atoms with Crippen LogP contribution in [0, 0.1) is 5.82 Å². The zero-order valence-corrected chi connectivity index (χ0v) is 14.2. The summed E-state index contributed by atoms with van der Waals surface area (Å²) in [6, 6.07) is 15.5. The molecule has 0 aliphatic rings. The van der Waals surface area contributed by atoms with Gasteiger partial charge in [-0.25, -0.2) is 4.39 Å². The number of halogens is 1. The van der Waals surface area contributed by atoms with E-state index in [9.17, 15) is 14.0 Å². The summed E-state index contributed by atoms with van der Waals surface area (Å²) >= 11 is 1.75. The van der Waals surface area contributed by atoms with Crippen molar-refractivity contribution in [1.29, 1.82) is 0 Å². The average molecular weight is 345 g/mol. The van der Waals surface area contributed by atoms with Crippen LogP contribution in [0.25, 0.3) is 0 Å². The van der Waals surface area contributed by atoms with Crippen molar-refractivity contribution >= 4 is 23.5 Å². The summed E-state index contributed by atoms with van der Waals surface area (Å²) in [5.74, 6) is 1.08. The number of ketones is 1. The number of thioether (sulfide) groups is 1. The van der Waals surface area contributed by atoms with Gasteiger partial charge in [0.05, 0.1) is 0 Å². The standard InChI is InChI=1S/C19H20FNO2S/c20-17-8-6-16(7-9-17)18(22)10-11-19(23)21-12-13-24-14-15-4-2-1-3-5-15/h1-9H,10-14H2,(H,21,23). The van der Waals surface area contributed by atoms with Crippen LogP contribution in [0.4, 0.5) is 4.39 Å². The van der Waals surface area contributed by atoms with Gasteiger partial charge in [0, 0.05) is 36.5 Å². The summed E-state index contributed by atoms with van der Waals surface area (Å²) in [5.41, 5.74) is 1.70. The molecule has 0 aliphatic carbocycles. The summed E-state index contributed by atoms with van der Waals surface area (Å²) in [5, 5.41) is 2.81. The number of carbonyl (C=O) groups is 2. The lowest BCUT2D eigenvalue weighted by atomic mass is 10.1. The van der Waals surface area contributed by atoms with Crippen LogP contribution in [-0.4, -0.2) is 24.0 Å². The highest BCUT2D eigenvalue weighted by Gasteiger charge is 2.09. The number of amides is 1. The Morgan fingerprint density at radius 3 is 2.38 bits per heavy atom. The fourth-order valence-electron chi connectivity index (χ4n) is 2.12. The highest BCUT2D eigenvalue weighted by atomic mass is 32.2. The van der Waals surface area contributed by atoms with Crippen LogP contribution in [-0.2, 0) is 10.5 Å². The zero-order chi connectivity index (χ0) is 17.2. The van der Waals surface area contributed by atoms with Gasteiger partial charge in [0.15, 0.2) is 5.78 Å². The largest absolute Gasteiger partial charge is 0.355 e. The molecule has 2 aromatic rings. The Morgan fingerprint density at radius 2 is 1.67 bits per heavy atom. The van der Waals surface area contributed by atoms with Crippen molar-refractivity contribution in [3.8, 4) is 0 Å². The first-order valence-electron chi connectivity index (χ1n) is 7.82. The summed E-state index contributed by atoms with van der Waals surface area (Å²) in [6.45, 7) is 0.584. The minimum Gasteiger partial charge on any atom is -0.355 e. The molecule has 1 N–H and O–H groups in total. The molecular weight excluding hydrogens is 325 g/mol. The Balaban J connectivity index is 1.58.